The zero-order valence-electron chi connectivity index (χ0n) is 24.7. The molecule has 45 heavy (non-hydrogen) atoms. The summed E-state index contributed by atoms with van der Waals surface area (Å²) in [7, 11) is 1.62. The standard InChI is InChI=1S/C34H33F3N4O4/c1-40-27-12-6-4-10-25(27)31(42)29(32(40)43)28(21-13-15-22(16-14-21)45-34(35,36)37)30-24(23-9-3-5-11-26(23)39-30)17-18-38-33(44)41-19-7-2-8-20-41/h3-6,9-16,28,39,42H,2,7-8,17-20H2,1H3,(H,38,44). The van der Waals surface area contributed by atoms with Crippen LogP contribution in [0.2, 0.25) is 0 Å². The minimum absolute atomic E-state index is 0.0749. The first-order valence-electron chi connectivity index (χ1n) is 14.9. The van der Waals surface area contributed by atoms with Gasteiger partial charge in [0.25, 0.3) is 5.56 Å². The lowest BCUT2D eigenvalue weighted by atomic mass is 9.85. The van der Waals surface area contributed by atoms with E-state index in [2.05, 4.69) is 15.0 Å². The monoisotopic (exact) mass is 618 g/mol. The van der Waals surface area contributed by atoms with Gasteiger partial charge in [-0.15, -0.1) is 13.2 Å². The number of urea groups is 1. The molecule has 6 rings (SSSR count). The van der Waals surface area contributed by atoms with Crippen LogP contribution < -0.4 is 15.6 Å². The molecule has 0 saturated carbocycles. The Kier molecular flexibility index (Phi) is 8.18. The van der Waals surface area contributed by atoms with Gasteiger partial charge in [0.15, 0.2) is 0 Å². The number of alkyl halides is 3. The Hall–Kier alpha value is -4.93. The van der Waals surface area contributed by atoms with Gasteiger partial charge in [-0.25, -0.2) is 4.79 Å². The van der Waals surface area contributed by atoms with Gasteiger partial charge in [0.05, 0.1) is 17.0 Å². The van der Waals surface area contributed by atoms with Crippen LogP contribution in [-0.4, -0.2) is 51.6 Å². The number of nitrogens with one attached hydrogen (secondary N) is 2. The first kappa shape index (κ1) is 30.1. The minimum atomic E-state index is -4.86. The number of ether oxygens (including phenoxy) is 1. The third-order valence-electron chi connectivity index (χ3n) is 8.48. The maximum absolute atomic E-state index is 14.0. The largest absolute Gasteiger partial charge is 0.573 e. The highest BCUT2D eigenvalue weighted by Gasteiger charge is 2.33. The van der Waals surface area contributed by atoms with Crippen LogP contribution in [0.15, 0.2) is 77.6 Å². The third-order valence-corrected chi connectivity index (χ3v) is 8.48. The van der Waals surface area contributed by atoms with Gasteiger partial charge >= 0.3 is 12.4 Å². The van der Waals surface area contributed by atoms with E-state index in [4.69, 9.17) is 0 Å². The number of nitrogens with zero attached hydrogens (tertiary/aromatic N) is 2. The number of pyridine rings is 1. The fourth-order valence-electron chi connectivity index (χ4n) is 6.34. The number of piperidine rings is 1. The van der Waals surface area contributed by atoms with Gasteiger partial charge in [0, 0.05) is 48.7 Å². The van der Waals surface area contributed by atoms with Crippen molar-refractivity contribution in [3.63, 3.8) is 0 Å². The van der Waals surface area contributed by atoms with Crippen molar-refractivity contribution in [3.05, 3.63) is 106 Å². The van der Waals surface area contributed by atoms with Crippen LogP contribution in [0.1, 0.15) is 47.6 Å². The zero-order valence-corrected chi connectivity index (χ0v) is 24.7. The molecule has 11 heteroatoms. The van der Waals surface area contributed by atoms with Crippen LogP contribution >= 0.6 is 0 Å². The van der Waals surface area contributed by atoms with E-state index in [1.165, 1.54) is 28.8 Å². The quantitative estimate of drug-likeness (QED) is 0.193. The number of aromatic amines is 1. The average molecular weight is 619 g/mol. The number of rotatable bonds is 7. The lowest BCUT2D eigenvalue weighted by Crippen LogP contribution is -2.43. The number of aromatic nitrogens is 2. The molecule has 0 radical (unpaired) electrons. The van der Waals surface area contributed by atoms with Crippen LogP contribution in [-0.2, 0) is 13.5 Å². The number of para-hydroxylation sites is 2. The highest BCUT2D eigenvalue weighted by Crippen LogP contribution is 2.41. The number of carbonyl (C=O) groups is 1. The van der Waals surface area contributed by atoms with Crippen molar-refractivity contribution in [3.8, 4) is 11.5 Å². The molecule has 2 aromatic heterocycles. The number of halogens is 3. The minimum Gasteiger partial charge on any atom is -0.507 e. The predicted octanol–water partition coefficient (Wildman–Crippen LogP) is 6.54. The first-order valence-corrected chi connectivity index (χ1v) is 14.9. The number of aromatic hydroxyl groups is 1. The number of fused-ring (bicyclic) bond motifs is 2. The van der Waals surface area contributed by atoms with Gasteiger partial charge in [0.2, 0.25) is 0 Å². The van der Waals surface area contributed by atoms with Gasteiger partial charge in [0.1, 0.15) is 11.5 Å². The van der Waals surface area contributed by atoms with Gasteiger partial charge in [-0.1, -0.05) is 42.5 Å². The van der Waals surface area contributed by atoms with E-state index in [1.807, 2.05) is 29.2 Å². The second-order valence-electron chi connectivity index (χ2n) is 11.3. The summed E-state index contributed by atoms with van der Waals surface area (Å²) in [5.74, 6) is -1.51. The summed E-state index contributed by atoms with van der Waals surface area (Å²) in [6.45, 7) is 1.74. The molecule has 3 N–H and O–H groups in total. The zero-order chi connectivity index (χ0) is 31.7. The Labute approximate surface area is 257 Å². The fourth-order valence-corrected chi connectivity index (χ4v) is 6.34. The van der Waals surface area contributed by atoms with Crippen molar-refractivity contribution in [2.45, 2.75) is 38.0 Å². The summed E-state index contributed by atoms with van der Waals surface area (Å²) in [6, 6.07) is 19.8. The van der Waals surface area contributed by atoms with Crippen molar-refractivity contribution in [1.82, 2.24) is 19.8 Å². The van der Waals surface area contributed by atoms with E-state index in [0.29, 0.717) is 48.2 Å². The lowest BCUT2D eigenvalue weighted by Gasteiger charge is -2.27. The fraction of sp³-hybridized carbons (Fsp3) is 0.294. The molecule has 2 amide bonds. The van der Waals surface area contributed by atoms with Crippen molar-refractivity contribution >= 4 is 27.8 Å². The Morgan fingerprint density at radius 1 is 0.978 bits per heavy atom. The number of carbonyl (C=O) groups excluding carboxylic acids is 1. The van der Waals surface area contributed by atoms with Gasteiger partial charge < -0.3 is 29.6 Å². The molecule has 0 aliphatic carbocycles. The number of H-pyrrole nitrogens is 1. The topological polar surface area (TPSA) is 99.6 Å². The van der Waals surface area contributed by atoms with Crippen molar-refractivity contribution in [1.29, 1.82) is 0 Å². The van der Waals surface area contributed by atoms with E-state index < -0.39 is 23.6 Å². The molecule has 234 valence electrons. The van der Waals surface area contributed by atoms with Crippen LogP contribution in [0.5, 0.6) is 11.5 Å². The maximum atomic E-state index is 14.0. The number of aryl methyl sites for hydroxylation is 1. The van der Waals surface area contributed by atoms with E-state index in [9.17, 15) is 27.9 Å². The summed E-state index contributed by atoms with van der Waals surface area (Å²) >= 11 is 0. The molecule has 1 fully saturated rings. The number of hydrogen-bond donors (Lipinski definition) is 3. The van der Waals surface area contributed by atoms with Crippen LogP contribution in [0.25, 0.3) is 21.8 Å². The summed E-state index contributed by atoms with van der Waals surface area (Å²) in [4.78, 5) is 32.1. The summed E-state index contributed by atoms with van der Waals surface area (Å²) in [5, 5.41) is 16.0. The Morgan fingerprint density at radius 3 is 2.36 bits per heavy atom. The molecule has 3 heterocycles. The molecular weight excluding hydrogens is 585 g/mol. The molecule has 0 bridgehead atoms. The second-order valence-corrected chi connectivity index (χ2v) is 11.3. The molecule has 5 aromatic rings. The van der Waals surface area contributed by atoms with Crippen molar-refractivity contribution in [2.24, 2.45) is 7.05 Å². The number of hydrogen-bond acceptors (Lipinski definition) is 4. The SMILES string of the molecule is Cn1c(=O)c(C(c2ccc(OC(F)(F)F)cc2)c2[nH]c3ccccc3c2CCNC(=O)N2CCCCC2)c(O)c2ccccc21. The Morgan fingerprint density at radius 2 is 1.64 bits per heavy atom. The molecule has 1 unspecified atom stereocenters. The molecule has 1 saturated heterocycles. The van der Waals surface area contributed by atoms with Gasteiger partial charge in [-0.3, -0.25) is 4.79 Å². The number of benzene rings is 3. The van der Waals surface area contributed by atoms with E-state index in [-0.39, 0.29) is 17.3 Å². The molecule has 1 aliphatic heterocycles. The highest BCUT2D eigenvalue weighted by atomic mass is 19.4. The molecule has 3 aromatic carbocycles. The summed E-state index contributed by atoms with van der Waals surface area (Å²) in [5.41, 5.74) is 2.83. The summed E-state index contributed by atoms with van der Waals surface area (Å²) in [6.07, 6.45) is -1.42. The van der Waals surface area contributed by atoms with Crippen LogP contribution in [0, 0.1) is 0 Å². The number of likely N-dealkylation sites (tertiary alicyclic amines) is 1. The first-order chi connectivity index (χ1) is 21.6. The molecule has 8 nitrogen and oxygen atoms in total. The van der Waals surface area contributed by atoms with Gasteiger partial charge in [-0.2, -0.15) is 0 Å². The van der Waals surface area contributed by atoms with E-state index in [1.54, 1.807) is 31.3 Å². The van der Waals surface area contributed by atoms with Crippen molar-refractivity contribution < 1.29 is 27.8 Å². The maximum Gasteiger partial charge on any atom is 0.573 e. The Balaban J connectivity index is 1.48. The van der Waals surface area contributed by atoms with Crippen LogP contribution in [0.3, 0.4) is 0 Å². The van der Waals surface area contributed by atoms with Crippen molar-refractivity contribution in [2.75, 3.05) is 19.6 Å². The van der Waals surface area contributed by atoms with Gasteiger partial charge in [-0.05, 0) is 67.1 Å². The predicted molar refractivity (Wildman–Crippen MR) is 166 cm³/mol. The number of amides is 2. The van der Waals surface area contributed by atoms with Crippen LogP contribution in [0.4, 0.5) is 18.0 Å². The molecule has 1 aliphatic rings. The lowest BCUT2D eigenvalue weighted by molar-refractivity contribution is -0.274. The van der Waals surface area contributed by atoms with E-state index >= 15 is 0 Å². The average Bonchev–Trinajstić information content (AvgIpc) is 3.40. The smallest absolute Gasteiger partial charge is 0.507 e. The molecule has 1 atom stereocenters. The van der Waals surface area contributed by atoms with E-state index in [0.717, 1.165) is 35.7 Å². The molecular formula is C34H33F3N4O4. The third kappa shape index (κ3) is 6.07. The summed E-state index contributed by atoms with van der Waals surface area (Å²) < 4.78 is 44.4. The highest BCUT2D eigenvalue weighted by molar-refractivity contribution is 5.88. The Bertz CT molecular complexity index is 1910. The molecule has 0 spiro atoms. The normalized spacial score (nSPS) is 14.5. The second kappa shape index (κ2) is 12.2.